The van der Waals surface area contributed by atoms with Gasteiger partial charge in [-0.2, -0.15) is 18.3 Å². The van der Waals surface area contributed by atoms with E-state index < -0.39 is 18.6 Å². The van der Waals surface area contributed by atoms with Gasteiger partial charge >= 0.3 is 6.18 Å². The zero-order valence-electron chi connectivity index (χ0n) is 10.9. The minimum Gasteiger partial charge on any atom is -0.303 e. The molecule has 1 heterocycles. The van der Waals surface area contributed by atoms with Gasteiger partial charge in [-0.1, -0.05) is 30.3 Å². The standard InChI is InChI=1S/C13H15F3N4/c1-20-9-18-12(19-20)8-17-11(7-13(14,15)16)10-5-3-2-4-6-10/h2-6,9,11,17H,7-8H2,1H3. The Morgan fingerprint density at radius 3 is 2.50 bits per heavy atom. The van der Waals surface area contributed by atoms with Crippen LogP contribution in [-0.4, -0.2) is 20.9 Å². The molecule has 0 spiro atoms. The van der Waals surface area contributed by atoms with Crippen LogP contribution in [0, 0.1) is 0 Å². The highest BCUT2D eigenvalue weighted by molar-refractivity contribution is 5.19. The van der Waals surface area contributed by atoms with Crippen molar-refractivity contribution in [3.8, 4) is 0 Å². The van der Waals surface area contributed by atoms with Gasteiger partial charge in [-0.25, -0.2) is 4.98 Å². The molecule has 7 heteroatoms. The Morgan fingerprint density at radius 2 is 1.95 bits per heavy atom. The largest absolute Gasteiger partial charge is 0.390 e. The summed E-state index contributed by atoms with van der Waals surface area (Å²) in [6, 6.07) is 7.76. The average Bonchev–Trinajstić information content (AvgIpc) is 2.80. The molecule has 1 aromatic carbocycles. The molecule has 0 aliphatic carbocycles. The van der Waals surface area contributed by atoms with E-state index in [1.54, 1.807) is 37.4 Å². The predicted octanol–water partition coefficient (Wildman–Crippen LogP) is 2.60. The van der Waals surface area contributed by atoms with E-state index in [2.05, 4.69) is 15.4 Å². The summed E-state index contributed by atoms with van der Waals surface area (Å²) in [6.07, 6.45) is -3.65. The van der Waals surface area contributed by atoms with Crippen molar-refractivity contribution in [3.63, 3.8) is 0 Å². The third-order valence-corrected chi connectivity index (χ3v) is 2.79. The van der Waals surface area contributed by atoms with Gasteiger partial charge in [0.05, 0.1) is 13.0 Å². The average molecular weight is 284 g/mol. The van der Waals surface area contributed by atoms with E-state index in [1.165, 1.54) is 11.0 Å². The second-order valence-corrected chi connectivity index (χ2v) is 4.50. The molecular formula is C13H15F3N4. The molecule has 0 fully saturated rings. The quantitative estimate of drug-likeness (QED) is 0.917. The second kappa shape index (κ2) is 6.04. The Morgan fingerprint density at radius 1 is 1.25 bits per heavy atom. The number of benzene rings is 1. The zero-order valence-corrected chi connectivity index (χ0v) is 10.9. The van der Waals surface area contributed by atoms with Crippen molar-refractivity contribution < 1.29 is 13.2 Å². The zero-order chi connectivity index (χ0) is 14.6. The summed E-state index contributed by atoms with van der Waals surface area (Å²) in [5.74, 6) is 0.468. The normalized spacial score (nSPS) is 13.4. The highest BCUT2D eigenvalue weighted by Crippen LogP contribution is 2.29. The van der Waals surface area contributed by atoms with Gasteiger partial charge in [0, 0.05) is 13.1 Å². The summed E-state index contributed by atoms with van der Waals surface area (Å²) in [7, 11) is 1.71. The van der Waals surface area contributed by atoms with E-state index in [0.29, 0.717) is 11.4 Å². The van der Waals surface area contributed by atoms with E-state index in [0.717, 1.165) is 0 Å². The maximum atomic E-state index is 12.6. The number of aryl methyl sites for hydroxylation is 1. The monoisotopic (exact) mass is 284 g/mol. The summed E-state index contributed by atoms with van der Waals surface area (Å²) in [4.78, 5) is 3.99. The van der Waals surface area contributed by atoms with Crippen molar-refractivity contribution in [1.82, 2.24) is 20.1 Å². The van der Waals surface area contributed by atoms with Crippen molar-refractivity contribution in [2.45, 2.75) is 25.2 Å². The van der Waals surface area contributed by atoms with Gasteiger partial charge in [0.2, 0.25) is 0 Å². The molecule has 0 radical (unpaired) electrons. The van der Waals surface area contributed by atoms with Crippen LogP contribution in [0.5, 0.6) is 0 Å². The summed E-state index contributed by atoms with van der Waals surface area (Å²) in [5.41, 5.74) is 0.598. The molecule has 0 saturated heterocycles. The van der Waals surface area contributed by atoms with Crippen LogP contribution in [0.3, 0.4) is 0 Å². The van der Waals surface area contributed by atoms with Gasteiger partial charge in [-0.05, 0) is 5.56 Å². The lowest BCUT2D eigenvalue weighted by molar-refractivity contribution is -0.140. The first-order valence-corrected chi connectivity index (χ1v) is 6.13. The van der Waals surface area contributed by atoms with Gasteiger partial charge in [0.1, 0.15) is 6.33 Å². The van der Waals surface area contributed by atoms with Crippen molar-refractivity contribution in [2.75, 3.05) is 0 Å². The molecule has 2 rings (SSSR count). The van der Waals surface area contributed by atoms with Crippen LogP contribution in [0.4, 0.5) is 13.2 Å². The lowest BCUT2D eigenvalue weighted by Gasteiger charge is -2.20. The minimum atomic E-state index is -4.23. The van der Waals surface area contributed by atoms with Crippen LogP contribution in [0.15, 0.2) is 36.7 Å². The maximum Gasteiger partial charge on any atom is 0.390 e. The SMILES string of the molecule is Cn1cnc(CNC(CC(F)(F)F)c2ccccc2)n1. The fourth-order valence-corrected chi connectivity index (χ4v) is 1.90. The third kappa shape index (κ3) is 4.34. The van der Waals surface area contributed by atoms with Crippen LogP contribution >= 0.6 is 0 Å². The van der Waals surface area contributed by atoms with Crippen LogP contribution in [-0.2, 0) is 13.6 Å². The number of rotatable bonds is 5. The summed E-state index contributed by atoms with van der Waals surface area (Å²) < 4.78 is 39.4. The molecule has 108 valence electrons. The van der Waals surface area contributed by atoms with Gasteiger partial charge < -0.3 is 5.32 Å². The second-order valence-electron chi connectivity index (χ2n) is 4.50. The predicted molar refractivity (Wildman–Crippen MR) is 67.7 cm³/mol. The molecule has 1 aromatic heterocycles. The fraction of sp³-hybridized carbons (Fsp3) is 0.385. The van der Waals surface area contributed by atoms with E-state index in [4.69, 9.17) is 0 Å². The lowest BCUT2D eigenvalue weighted by Crippen LogP contribution is -2.27. The van der Waals surface area contributed by atoms with Gasteiger partial charge in [-0.15, -0.1) is 0 Å². The van der Waals surface area contributed by atoms with Crippen LogP contribution in [0.1, 0.15) is 23.9 Å². The molecular weight excluding hydrogens is 269 g/mol. The van der Waals surface area contributed by atoms with Crippen LogP contribution < -0.4 is 5.32 Å². The minimum absolute atomic E-state index is 0.191. The molecule has 1 N–H and O–H groups in total. The lowest BCUT2D eigenvalue weighted by atomic mass is 10.0. The Bertz CT molecular complexity index is 536. The first-order valence-electron chi connectivity index (χ1n) is 6.13. The molecule has 20 heavy (non-hydrogen) atoms. The summed E-state index contributed by atoms with van der Waals surface area (Å²) >= 11 is 0. The molecule has 0 aliphatic heterocycles. The molecule has 0 bridgehead atoms. The van der Waals surface area contributed by atoms with Crippen molar-refractivity contribution in [1.29, 1.82) is 0 Å². The van der Waals surface area contributed by atoms with E-state index >= 15 is 0 Å². The highest BCUT2D eigenvalue weighted by atomic mass is 19.4. The van der Waals surface area contributed by atoms with Crippen LogP contribution in [0.25, 0.3) is 0 Å². The van der Waals surface area contributed by atoms with E-state index in [9.17, 15) is 13.2 Å². The molecule has 4 nitrogen and oxygen atoms in total. The Kier molecular flexibility index (Phi) is 4.39. The van der Waals surface area contributed by atoms with E-state index in [1.807, 2.05) is 0 Å². The topological polar surface area (TPSA) is 42.7 Å². The van der Waals surface area contributed by atoms with Crippen molar-refractivity contribution in [2.24, 2.45) is 7.05 Å². The van der Waals surface area contributed by atoms with E-state index in [-0.39, 0.29) is 6.54 Å². The number of hydrogen-bond donors (Lipinski definition) is 1. The summed E-state index contributed by atoms with van der Waals surface area (Å²) in [5, 5.41) is 6.90. The number of nitrogens with zero attached hydrogens (tertiary/aromatic N) is 3. The number of nitrogens with one attached hydrogen (secondary N) is 1. The van der Waals surface area contributed by atoms with Crippen molar-refractivity contribution in [3.05, 3.63) is 48.0 Å². The number of aromatic nitrogens is 3. The van der Waals surface area contributed by atoms with Crippen LogP contribution in [0.2, 0.25) is 0 Å². The number of alkyl halides is 3. The molecule has 0 saturated carbocycles. The van der Waals surface area contributed by atoms with Gasteiger partial charge in [0.25, 0.3) is 0 Å². The molecule has 2 aromatic rings. The molecule has 1 atom stereocenters. The third-order valence-electron chi connectivity index (χ3n) is 2.79. The van der Waals surface area contributed by atoms with Crippen molar-refractivity contribution >= 4 is 0 Å². The molecule has 0 aliphatic rings. The fourth-order valence-electron chi connectivity index (χ4n) is 1.90. The van der Waals surface area contributed by atoms with Gasteiger partial charge in [0.15, 0.2) is 5.82 Å². The summed E-state index contributed by atoms with van der Waals surface area (Å²) in [6.45, 7) is 0.191. The first kappa shape index (κ1) is 14.5. The molecule has 1 unspecified atom stereocenters. The molecule has 0 amide bonds. The number of hydrogen-bond acceptors (Lipinski definition) is 3. The van der Waals surface area contributed by atoms with Gasteiger partial charge in [-0.3, -0.25) is 4.68 Å². The smallest absolute Gasteiger partial charge is 0.303 e. The Hall–Kier alpha value is -1.89. The number of halogens is 3. The Balaban J connectivity index is 2.07. The first-order chi connectivity index (χ1) is 9.44. The maximum absolute atomic E-state index is 12.6. The highest BCUT2D eigenvalue weighted by Gasteiger charge is 2.32. The Labute approximate surface area is 114 Å².